The molecule has 8 aromatic carbocycles. The maximum absolute atomic E-state index is 7.16. The molecule has 48 heavy (non-hydrogen) atoms. The fourth-order valence-electron chi connectivity index (χ4n) is 7.81. The Morgan fingerprint density at radius 3 is 1.27 bits per heavy atom. The second-order valence-electron chi connectivity index (χ2n) is 12.4. The van der Waals surface area contributed by atoms with Crippen LogP contribution in [-0.4, -0.2) is 0 Å². The lowest BCUT2D eigenvalue weighted by molar-refractivity contribution is 0.447. The predicted molar refractivity (Wildman–Crippen MR) is 192 cm³/mol. The summed E-state index contributed by atoms with van der Waals surface area (Å²) in [6.45, 7) is 0. The first-order chi connectivity index (χ1) is 23.8. The molecule has 0 aromatic heterocycles. The first kappa shape index (κ1) is 26.9. The lowest BCUT2D eigenvalue weighted by Gasteiger charge is -2.40. The molecule has 3 nitrogen and oxygen atoms in total. The van der Waals surface area contributed by atoms with Gasteiger partial charge in [0.25, 0.3) is 0 Å². The van der Waals surface area contributed by atoms with E-state index in [4.69, 9.17) is 14.2 Å². The highest BCUT2D eigenvalue weighted by atomic mass is 16.5. The molecule has 2 aliphatic rings. The van der Waals surface area contributed by atoms with Crippen molar-refractivity contribution in [3.63, 3.8) is 0 Å². The SMILES string of the molecule is c1ccc(Oc2ccc3c4c(ccc3c2)C2(c3ccccc3-c3ccccc32)c2ccc3cc(Oc5ccccc5)ccc3c2O4)cc1. The number of fused-ring (bicyclic) bond motifs is 13. The summed E-state index contributed by atoms with van der Waals surface area (Å²) in [7, 11) is 0. The summed E-state index contributed by atoms with van der Waals surface area (Å²) in [6.07, 6.45) is 0. The molecule has 3 heteroatoms. The third-order valence-electron chi connectivity index (χ3n) is 9.81. The van der Waals surface area contributed by atoms with E-state index in [0.717, 1.165) is 67.2 Å². The quantitative estimate of drug-likeness (QED) is 0.197. The van der Waals surface area contributed by atoms with Crippen molar-refractivity contribution >= 4 is 21.5 Å². The van der Waals surface area contributed by atoms with Crippen molar-refractivity contribution in [2.75, 3.05) is 0 Å². The van der Waals surface area contributed by atoms with Crippen molar-refractivity contribution in [1.29, 1.82) is 0 Å². The van der Waals surface area contributed by atoms with Crippen LogP contribution in [0.25, 0.3) is 32.7 Å². The van der Waals surface area contributed by atoms with Crippen LogP contribution < -0.4 is 14.2 Å². The van der Waals surface area contributed by atoms with Crippen LogP contribution in [0.5, 0.6) is 34.5 Å². The normalized spacial score (nSPS) is 13.3. The molecule has 0 radical (unpaired) electrons. The standard InChI is InChI=1S/C45H28O3/c1-3-11-31(12-4-1)46-33-21-23-35-29(27-33)19-25-41-43(35)48-44-36-24-22-34(47-32-13-5-2-6-14-32)28-30(36)20-26-42(44)45(41)39-17-9-7-15-37(39)38-16-8-10-18-40(38)45/h1-28H. The summed E-state index contributed by atoms with van der Waals surface area (Å²) in [6, 6.07) is 58.9. The Bertz CT molecular complexity index is 2360. The molecular weight excluding hydrogens is 588 g/mol. The van der Waals surface area contributed by atoms with Crippen molar-refractivity contribution in [2.45, 2.75) is 5.41 Å². The van der Waals surface area contributed by atoms with Gasteiger partial charge in [0, 0.05) is 21.9 Å². The van der Waals surface area contributed by atoms with E-state index in [1.165, 1.54) is 22.3 Å². The van der Waals surface area contributed by atoms with Crippen LogP contribution in [0.4, 0.5) is 0 Å². The molecule has 0 fully saturated rings. The van der Waals surface area contributed by atoms with Crippen molar-refractivity contribution in [3.8, 4) is 45.6 Å². The second-order valence-corrected chi connectivity index (χ2v) is 12.4. The van der Waals surface area contributed by atoms with Gasteiger partial charge in [-0.1, -0.05) is 109 Å². The van der Waals surface area contributed by atoms with Gasteiger partial charge in [-0.2, -0.15) is 0 Å². The predicted octanol–water partition coefficient (Wildman–Crippen LogP) is 12.0. The minimum Gasteiger partial charge on any atom is -0.457 e. The van der Waals surface area contributed by atoms with Crippen LogP contribution in [0.15, 0.2) is 170 Å². The molecule has 8 aromatic rings. The molecule has 1 heterocycles. The fraction of sp³-hybridized carbons (Fsp3) is 0.0222. The van der Waals surface area contributed by atoms with E-state index in [1.807, 2.05) is 72.8 Å². The van der Waals surface area contributed by atoms with Crippen molar-refractivity contribution in [3.05, 3.63) is 192 Å². The Morgan fingerprint density at radius 1 is 0.354 bits per heavy atom. The molecule has 1 aliphatic heterocycles. The van der Waals surface area contributed by atoms with E-state index in [-0.39, 0.29) is 0 Å². The Labute approximate surface area is 278 Å². The Kier molecular flexibility index (Phi) is 5.79. The molecule has 0 bridgehead atoms. The molecule has 0 saturated carbocycles. The smallest absolute Gasteiger partial charge is 0.140 e. The Morgan fingerprint density at radius 2 is 0.792 bits per heavy atom. The van der Waals surface area contributed by atoms with Crippen LogP contribution in [0.3, 0.4) is 0 Å². The summed E-state index contributed by atoms with van der Waals surface area (Å²) in [5.74, 6) is 4.92. The van der Waals surface area contributed by atoms with Crippen molar-refractivity contribution < 1.29 is 14.2 Å². The van der Waals surface area contributed by atoms with Crippen LogP contribution in [0, 0.1) is 0 Å². The maximum atomic E-state index is 7.16. The van der Waals surface area contributed by atoms with E-state index >= 15 is 0 Å². The largest absolute Gasteiger partial charge is 0.457 e. The molecule has 0 amide bonds. The van der Waals surface area contributed by atoms with Gasteiger partial charge >= 0.3 is 0 Å². The van der Waals surface area contributed by atoms with Gasteiger partial charge in [-0.05, 0) is 93.7 Å². The third-order valence-corrected chi connectivity index (χ3v) is 9.81. The van der Waals surface area contributed by atoms with Crippen molar-refractivity contribution in [2.24, 2.45) is 0 Å². The van der Waals surface area contributed by atoms with Gasteiger partial charge in [0.1, 0.15) is 34.5 Å². The average molecular weight is 617 g/mol. The van der Waals surface area contributed by atoms with Crippen LogP contribution >= 0.6 is 0 Å². The van der Waals surface area contributed by atoms with E-state index in [2.05, 4.69) is 97.1 Å². The zero-order chi connectivity index (χ0) is 31.7. The molecular formula is C45H28O3. The zero-order valence-electron chi connectivity index (χ0n) is 25.9. The topological polar surface area (TPSA) is 27.7 Å². The lowest BCUT2D eigenvalue weighted by atomic mass is 9.65. The molecule has 0 N–H and O–H groups in total. The number of ether oxygens (including phenoxy) is 3. The van der Waals surface area contributed by atoms with Gasteiger partial charge in [0.2, 0.25) is 0 Å². The highest BCUT2D eigenvalue weighted by Crippen LogP contribution is 2.63. The number of rotatable bonds is 4. The minimum absolute atomic E-state index is 0.559. The molecule has 1 spiro atoms. The summed E-state index contributed by atoms with van der Waals surface area (Å²) in [4.78, 5) is 0. The van der Waals surface area contributed by atoms with E-state index < -0.39 is 5.41 Å². The lowest BCUT2D eigenvalue weighted by Crippen LogP contribution is -2.32. The van der Waals surface area contributed by atoms with Gasteiger partial charge in [-0.15, -0.1) is 0 Å². The molecule has 1 aliphatic carbocycles. The summed E-state index contributed by atoms with van der Waals surface area (Å²) >= 11 is 0. The van der Waals surface area contributed by atoms with Crippen LogP contribution in [0.2, 0.25) is 0 Å². The van der Waals surface area contributed by atoms with Crippen LogP contribution in [0.1, 0.15) is 22.3 Å². The molecule has 0 saturated heterocycles. The maximum Gasteiger partial charge on any atom is 0.140 e. The minimum atomic E-state index is -0.559. The molecule has 0 unspecified atom stereocenters. The summed E-state index contributed by atoms with van der Waals surface area (Å²) < 4.78 is 19.6. The third kappa shape index (κ3) is 3.88. The first-order valence-corrected chi connectivity index (χ1v) is 16.2. The second kappa shape index (κ2) is 10.3. The van der Waals surface area contributed by atoms with Gasteiger partial charge < -0.3 is 14.2 Å². The highest BCUT2D eigenvalue weighted by molar-refractivity contribution is 6.00. The van der Waals surface area contributed by atoms with Gasteiger partial charge in [0.05, 0.1) is 5.41 Å². The van der Waals surface area contributed by atoms with Gasteiger partial charge in [-0.3, -0.25) is 0 Å². The molecule has 226 valence electrons. The number of para-hydroxylation sites is 2. The Hall–Kier alpha value is -6.32. The molecule has 0 atom stereocenters. The Balaban J connectivity index is 1.22. The van der Waals surface area contributed by atoms with Gasteiger partial charge in [-0.25, -0.2) is 0 Å². The van der Waals surface area contributed by atoms with Crippen molar-refractivity contribution in [1.82, 2.24) is 0 Å². The number of hydrogen-bond donors (Lipinski definition) is 0. The summed E-state index contributed by atoms with van der Waals surface area (Å²) in [5.41, 5.74) is 6.76. The highest BCUT2D eigenvalue weighted by Gasteiger charge is 2.51. The van der Waals surface area contributed by atoms with E-state index in [0.29, 0.717) is 0 Å². The number of benzene rings is 8. The average Bonchev–Trinajstić information content (AvgIpc) is 3.43. The van der Waals surface area contributed by atoms with Gasteiger partial charge in [0.15, 0.2) is 0 Å². The summed E-state index contributed by atoms with van der Waals surface area (Å²) in [5, 5.41) is 4.19. The van der Waals surface area contributed by atoms with E-state index in [9.17, 15) is 0 Å². The zero-order valence-corrected chi connectivity index (χ0v) is 25.9. The monoisotopic (exact) mass is 616 g/mol. The molecule has 10 rings (SSSR count). The number of hydrogen-bond acceptors (Lipinski definition) is 3. The van der Waals surface area contributed by atoms with E-state index in [1.54, 1.807) is 0 Å². The first-order valence-electron chi connectivity index (χ1n) is 16.2. The fourth-order valence-corrected chi connectivity index (χ4v) is 7.81. The van der Waals surface area contributed by atoms with Crippen LogP contribution in [-0.2, 0) is 5.41 Å².